The number of aryl methyl sites for hydroxylation is 1. The molecular weight excluding hydrogens is 154 g/mol. The molecule has 4 nitrogen and oxygen atoms in total. The Morgan fingerprint density at radius 1 is 1.50 bits per heavy atom. The Bertz CT molecular complexity index is 475. The first-order chi connectivity index (χ1) is 5.77. The normalized spacial score (nSPS) is 10.4. The van der Waals surface area contributed by atoms with E-state index >= 15 is 0 Å². The van der Waals surface area contributed by atoms with Crippen LogP contribution in [0.25, 0.3) is 11.2 Å². The molecule has 2 aromatic rings. The lowest BCUT2D eigenvalue weighted by Crippen LogP contribution is -2.11. The molecule has 0 atom stereocenters. The minimum atomic E-state index is -0.179. The van der Waals surface area contributed by atoms with Gasteiger partial charge in [0.15, 0.2) is 5.65 Å². The van der Waals surface area contributed by atoms with Gasteiger partial charge in [0.05, 0.1) is 0 Å². The zero-order valence-electron chi connectivity index (χ0n) is 6.53. The van der Waals surface area contributed by atoms with Crippen LogP contribution in [0.5, 0.6) is 0 Å². The summed E-state index contributed by atoms with van der Waals surface area (Å²) in [7, 11) is 0. The summed E-state index contributed by atoms with van der Waals surface area (Å²) in [5, 5.41) is 0. The Balaban J connectivity index is 2.93. The van der Waals surface area contributed by atoms with Crippen LogP contribution in [-0.2, 0) is 0 Å². The summed E-state index contributed by atoms with van der Waals surface area (Å²) in [6, 6.07) is 3.60. The average molecular weight is 161 g/mol. The van der Waals surface area contributed by atoms with E-state index in [1.54, 1.807) is 19.2 Å². The molecule has 0 spiro atoms. The molecule has 2 aromatic heterocycles. The molecule has 0 aliphatic heterocycles. The van der Waals surface area contributed by atoms with Crippen LogP contribution >= 0.6 is 0 Å². The van der Waals surface area contributed by atoms with Gasteiger partial charge in [-0.15, -0.1) is 0 Å². The van der Waals surface area contributed by atoms with E-state index in [1.807, 2.05) is 6.07 Å². The van der Waals surface area contributed by atoms with Gasteiger partial charge in [0, 0.05) is 6.20 Å². The average Bonchev–Trinajstić information content (AvgIpc) is 2.07. The lowest BCUT2D eigenvalue weighted by molar-refractivity contribution is 1.10. The highest BCUT2D eigenvalue weighted by Crippen LogP contribution is 2.01. The van der Waals surface area contributed by atoms with E-state index in [9.17, 15) is 4.79 Å². The Labute approximate surface area is 68.3 Å². The molecule has 0 aliphatic carbocycles. The quantitative estimate of drug-likeness (QED) is 0.616. The highest BCUT2D eigenvalue weighted by atomic mass is 16.1. The van der Waals surface area contributed by atoms with Crippen molar-refractivity contribution in [2.45, 2.75) is 6.92 Å². The van der Waals surface area contributed by atoms with Crippen LogP contribution in [-0.4, -0.2) is 15.0 Å². The number of nitrogens with zero attached hydrogens (tertiary/aromatic N) is 2. The molecule has 0 saturated heterocycles. The summed E-state index contributed by atoms with van der Waals surface area (Å²) >= 11 is 0. The van der Waals surface area contributed by atoms with Crippen molar-refractivity contribution >= 4 is 11.2 Å². The molecule has 0 amide bonds. The lowest BCUT2D eigenvalue weighted by atomic mass is 10.4. The molecule has 2 rings (SSSR count). The Morgan fingerprint density at radius 2 is 2.33 bits per heavy atom. The second kappa shape index (κ2) is 2.41. The standard InChI is InChI=1S/C8H7N3O/c1-5-8(12)11-7-6(10-5)3-2-4-9-7/h2-4H,1H3,(H,9,11,12). The molecule has 12 heavy (non-hydrogen) atoms. The maximum absolute atomic E-state index is 11.1. The number of rotatable bonds is 0. The number of nitrogens with one attached hydrogen (secondary N) is 1. The first-order valence-electron chi connectivity index (χ1n) is 3.59. The van der Waals surface area contributed by atoms with Crippen LogP contribution in [0.1, 0.15) is 5.69 Å². The largest absolute Gasteiger partial charge is 0.304 e. The van der Waals surface area contributed by atoms with Crippen molar-refractivity contribution in [2.24, 2.45) is 0 Å². The number of aromatic nitrogens is 3. The Morgan fingerprint density at radius 3 is 3.17 bits per heavy atom. The van der Waals surface area contributed by atoms with E-state index in [4.69, 9.17) is 0 Å². The van der Waals surface area contributed by atoms with Gasteiger partial charge in [-0.05, 0) is 19.1 Å². The van der Waals surface area contributed by atoms with Crippen LogP contribution in [0.4, 0.5) is 0 Å². The monoisotopic (exact) mass is 161 g/mol. The molecule has 2 heterocycles. The molecule has 60 valence electrons. The molecule has 0 bridgehead atoms. The van der Waals surface area contributed by atoms with Crippen LogP contribution in [0.3, 0.4) is 0 Å². The van der Waals surface area contributed by atoms with E-state index < -0.39 is 0 Å². The first-order valence-corrected chi connectivity index (χ1v) is 3.59. The third-order valence-corrected chi connectivity index (χ3v) is 1.64. The number of pyridine rings is 1. The van der Waals surface area contributed by atoms with Crippen molar-refractivity contribution in [1.29, 1.82) is 0 Å². The van der Waals surface area contributed by atoms with Gasteiger partial charge < -0.3 is 4.98 Å². The van der Waals surface area contributed by atoms with Gasteiger partial charge in [0.2, 0.25) is 0 Å². The van der Waals surface area contributed by atoms with Crippen LogP contribution in [0, 0.1) is 6.92 Å². The third-order valence-electron chi connectivity index (χ3n) is 1.64. The fourth-order valence-corrected chi connectivity index (χ4v) is 1.01. The van der Waals surface area contributed by atoms with Crippen molar-refractivity contribution in [3.05, 3.63) is 34.4 Å². The smallest absolute Gasteiger partial charge is 0.270 e. The maximum Gasteiger partial charge on any atom is 0.270 e. The third kappa shape index (κ3) is 0.972. The minimum Gasteiger partial charge on any atom is -0.304 e. The zero-order chi connectivity index (χ0) is 8.55. The van der Waals surface area contributed by atoms with E-state index in [0.29, 0.717) is 11.3 Å². The van der Waals surface area contributed by atoms with Crippen molar-refractivity contribution in [3.8, 4) is 0 Å². The van der Waals surface area contributed by atoms with Gasteiger partial charge >= 0.3 is 0 Å². The van der Waals surface area contributed by atoms with E-state index in [1.165, 1.54) is 0 Å². The van der Waals surface area contributed by atoms with Crippen molar-refractivity contribution in [2.75, 3.05) is 0 Å². The molecule has 0 unspecified atom stereocenters. The van der Waals surface area contributed by atoms with Crippen LogP contribution < -0.4 is 5.56 Å². The molecule has 4 heteroatoms. The van der Waals surface area contributed by atoms with Gasteiger partial charge in [-0.1, -0.05) is 0 Å². The predicted octanol–water partition coefficient (Wildman–Crippen LogP) is 0.627. The molecule has 0 saturated carbocycles. The minimum absolute atomic E-state index is 0.179. The topological polar surface area (TPSA) is 58.6 Å². The van der Waals surface area contributed by atoms with Gasteiger partial charge in [0.25, 0.3) is 5.56 Å². The Kier molecular flexibility index (Phi) is 1.40. The SMILES string of the molecule is Cc1nc2cccnc2[nH]c1=O. The van der Waals surface area contributed by atoms with Crippen molar-refractivity contribution in [3.63, 3.8) is 0 Å². The number of hydrogen-bond acceptors (Lipinski definition) is 3. The molecular formula is C8H7N3O. The first kappa shape index (κ1) is 6.97. The van der Waals surface area contributed by atoms with Crippen molar-refractivity contribution < 1.29 is 0 Å². The number of aromatic amines is 1. The van der Waals surface area contributed by atoms with Crippen LogP contribution in [0.15, 0.2) is 23.1 Å². The molecule has 0 radical (unpaired) electrons. The maximum atomic E-state index is 11.1. The van der Waals surface area contributed by atoms with E-state index in [2.05, 4.69) is 15.0 Å². The molecule has 0 aliphatic rings. The fourth-order valence-electron chi connectivity index (χ4n) is 1.01. The van der Waals surface area contributed by atoms with Crippen LogP contribution in [0.2, 0.25) is 0 Å². The Hall–Kier alpha value is -1.71. The highest BCUT2D eigenvalue weighted by Gasteiger charge is 1.98. The van der Waals surface area contributed by atoms with Gasteiger partial charge in [-0.3, -0.25) is 4.79 Å². The summed E-state index contributed by atoms with van der Waals surface area (Å²) in [6.45, 7) is 1.67. The van der Waals surface area contributed by atoms with E-state index in [-0.39, 0.29) is 5.56 Å². The van der Waals surface area contributed by atoms with Gasteiger partial charge in [0.1, 0.15) is 11.2 Å². The van der Waals surface area contributed by atoms with Gasteiger partial charge in [-0.25, -0.2) is 9.97 Å². The highest BCUT2D eigenvalue weighted by molar-refractivity contribution is 5.68. The number of H-pyrrole nitrogens is 1. The summed E-state index contributed by atoms with van der Waals surface area (Å²) in [5.41, 5.74) is 1.54. The summed E-state index contributed by atoms with van der Waals surface area (Å²) in [5.74, 6) is 0. The predicted molar refractivity (Wildman–Crippen MR) is 44.9 cm³/mol. The zero-order valence-corrected chi connectivity index (χ0v) is 6.53. The molecule has 0 fully saturated rings. The summed E-state index contributed by atoms with van der Waals surface area (Å²) in [6.07, 6.45) is 1.62. The number of fused-ring (bicyclic) bond motifs is 1. The molecule has 0 aromatic carbocycles. The number of hydrogen-bond donors (Lipinski definition) is 1. The van der Waals surface area contributed by atoms with Crippen molar-refractivity contribution in [1.82, 2.24) is 15.0 Å². The lowest BCUT2D eigenvalue weighted by Gasteiger charge is -1.95. The molecule has 1 N–H and O–H groups in total. The second-order valence-corrected chi connectivity index (χ2v) is 2.52. The summed E-state index contributed by atoms with van der Waals surface area (Å²) in [4.78, 5) is 21.7. The second-order valence-electron chi connectivity index (χ2n) is 2.52. The van der Waals surface area contributed by atoms with Gasteiger partial charge in [-0.2, -0.15) is 0 Å². The van der Waals surface area contributed by atoms with E-state index in [0.717, 1.165) is 5.52 Å². The summed E-state index contributed by atoms with van der Waals surface area (Å²) < 4.78 is 0. The fraction of sp³-hybridized carbons (Fsp3) is 0.125.